The van der Waals surface area contributed by atoms with Crippen molar-refractivity contribution < 1.29 is 9.53 Å². The van der Waals surface area contributed by atoms with E-state index in [4.69, 9.17) is 4.74 Å². The molecule has 5 nitrogen and oxygen atoms in total. The van der Waals surface area contributed by atoms with Crippen LogP contribution in [0.2, 0.25) is 0 Å². The zero-order chi connectivity index (χ0) is 19.2. The first-order valence-electron chi connectivity index (χ1n) is 8.71. The van der Waals surface area contributed by atoms with Gasteiger partial charge in [-0.3, -0.25) is 4.79 Å². The lowest BCUT2D eigenvalue weighted by Gasteiger charge is -2.13. The van der Waals surface area contributed by atoms with Crippen molar-refractivity contribution in [1.29, 1.82) is 0 Å². The maximum Gasteiger partial charge on any atom is 0.224 e. The second kappa shape index (κ2) is 8.68. The number of rotatable bonds is 7. The molecule has 0 aliphatic carbocycles. The van der Waals surface area contributed by atoms with Gasteiger partial charge in [0.15, 0.2) is 0 Å². The number of benzene rings is 2. The van der Waals surface area contributed by atoms with E-state index in [9.17, 15) is 4.79 Å². The van der Waals surface area contributed by atoms with Crippen molar-refractivity contribution in [2.75, 3.05) is 31.4 Å². The molecular weight excluding hydrogens is 358 g/mol. The number of aromatic nitrogens is 1. The van der Waals surface area contributed by atoms with Crippen LogP contribution in [0.4, 0.5) is 11.4 Å². The number of anilines is 2. The summed E-state index contributed by atoms with van der Waals surface area (Å²) < 4.78 is 5.18. The zero-order valence-electron chi connectivity index (χ0n) is 15.7. The maximum atomic E-state index is 12.2. The van der Waals surface area contributed by atoms with Crippen LogP contribution in [-0.2, 0) is 11.2 Å². The van der Waals surface area contributed by atoms with Gasteiger partial charge in [-0.1, -0.05) is 0 Å². The minimum Gasteiger partial charge on any atom is -0.497 e. The molecule has 0 saturated carbocycles. The van der Waals surface area contributed by atoms with Gasteiger partial charge in [0.2, 0.25) is 5.91 Å². The first kappa shape index (κ1) is 18.9. The lowest BCUT2D eigenvalue weighted by Crippen LogP contribution is -2.13. The fraction of sp³-hybridized carbons (Fsp3) is 0.238. The van der Waals surface area contributed by atoms with Gasteiger partial charge in [0.1, 0.15) is 10.8 Å². The van der Waals surface area contributed by atoms with E-state index < -0.39 is 0 Å². The average molecular weight is 382 g/mol. The molecule has 0 aliphatic heterocycles. The third-order valence-electron chi connectivity index (χ3n) is 4.16. The molecule has 0 fully saturated rings. The lowest BCUT2D eigenvalue weighted by molar-refractivity contribution is -0.116. The van der Waals surface area contributed by atoms with E-state index in [1.54, 1.807) is 18.4 Å². The van der Waals surface area contributed by atoms with E-state index in [2.05, 4.69) is 10.3 Å². The van der Waals surface area contributed by atoms with Crippen molar-refractivity contribution in [3.63, 3.8) is 0 Å². The number of nitrogens with one attached hydrogen (secondary N) is 1. The Hall–Kier alpha value is -2.86. The van der Waals surface area contributed by atoms with Crippen molar-refractivity contribution in [3.05, 3.63) is 59.6 Å². The molecule has 0 spiro atoms. The molecule has 6 heteroatoms. The number of amides is 1. The van der Waals surface area contributed by atoms with Gasteiger partial charge in [-0.05, 0) is 55.0 Å². The number of methoxy groups -OCH3 is 1. The fourth-order valence-electron chi connectivity index (χ4n) is 2.60. The van der Waals surface area contributed by atoms with Gasteiger partial charge in [0, 0.05) is 42.8 Å². The number of nitrogens with zero attached hydrogens (tertiary/aromatic N) is 2. The number of hydrogen-bond donors (Lipinski definition) is 1. The summed E-state index contributed by atoms with van der Waals surface area (Å²) >= 11 is 1.59. The summed E-state index contributed by atoms with van der Waals surface area (Å²) in [6, 6.07) is 15.6. The summed E-state index contributed by atoms with van der Waals surface area (Å²) in [5.74, 6) is 0.817. The third kappa shape index (κ3) is 5.08. The standard InChI is InChI=1S/C21H23N3O2S/c1-24(2)18-9-6-16(7-10-18)22-20(25)13-8-17-14-27-21(23-17)15-4-11-19(26-3)12-5-15/h4-7,9-12,14H,8,13H2,1-3H3,(H,22,25). The highest BCUT2D eigenvalue weighted by Gasteiger charge is 2.08. The van der Waals surface area contributed by atoms with Gasteiger partial charge >= 0.3 is 0 Å². The molecule has 0 bridgehead atoms. The van der Waals surface area contributed by atoms with Crippen molar-refractivity contribution >= 4 is 28.6 Å². The third-order valence-corrected chi connectivity index (χ3v) is 5.10. The number of carbonyl (C=O) groups is 1. The Balaban J connectivity index is 1.53. The van der Waals surface area contributed by atoms with Crippen LogP contribution < -0.4 is 15.0 Å². The molecule has 1 N–H and O–H groups in total. The van der Waals surface area contributed by atoms with Gasteiger partial charge < -0.3 is 15.0 Å². The number of aryl methyl sites for hydroxylation is 1. The Morgan fingerprint density at radius 3 is 2.44 bits per heavy atom. The molecule has 0 radical (unpaired) electrons. The average Bonchev–Trinajstić information content (AvgIpc) is 3.16. The fourth-order valence-corrected chi connectivity index (χ4v) is 3.46. The highest BCUT2D eigenvalue weighted by atomic mass is 32.1. The summed E-state index contributed by atoms with van der Waals surface area (Å²) in [4.78, 5) is 18.9. The second-order valence-electron chi connectivity index (χ2n) is 6.36. The van der Waals surface area contributed by atoms with Gasteiger partial charge in [-0.15, -0.1) is 11.3 Å². The van der Waals surface area contributed by atoms with E-state index in [1.807, 2.05) is 72.9 Å². The number of hydrogen-bond acceptors (Lipinski definition) is 5. The molecule has 1 aromatic heterocycles. The van der Waals surface area contributed by atoms with E-state index in [1.165, 1.54) is 0 Å². The monoisotopic (exact) mass is 381 g/mol. The Kier molecular flexibility index (Phi) is 6.08. The van der Waals surface area contributed by atoms with Gasteiger partial charge in [-0.2, -0.15) is 0 Å². The van der Waals surface area contributed by atoms with E-state index in [0.29, 0.717) is 12.8 Å². The van der Waals surface area contributed by atoms with Crippen LogP contribution in [0.15, 0.2) is 53.9 Å². The number of carbonyl (C=O) groups excluding carboxylic acids is 1. The predicted octanol–water partition coefficient (Wildman–Crippen LogP) is 4.46. The molecule has 27 heavy (non-hydrogen) atoms. The predicted molar refractivity (Wildman–Crippen MR) is 112 cm³/mol. The van der Waals surface area contributed by atoms with Crippen molar-refractivity contribution in [2.45, 2.75) is 12.8 Å². The van der Waals surface area contributed by atoms with Crippen LogP contribution in [0.25, 0.3) is 10.6 Å². The first-order chi connectivity index (χ1) is 13.0. The summed E-state index contributed by atoms with van der Waals surface area (Å²) in [5, 5.41) is 5.90. The summed E-state index contributed by atoms with van der Waals surface area (Å²) in [5.41, 5.74) is 3.89. The molecular formula is C21H23N3O2S. The Bertz CT molecular complexity index is 887. The molecule has 1 amide bonds. The van der Waals surface area contributed by atoms with Crippen LogP contribution in [0.3, 0.4) is 0 Å². The molecule has 2 aromatic carbocycles. The van der Waals surface area contributed by atoms with Gasteiger partial charge in [0.25, 0.3) is 0 Å². The second-order valence-corrected chi connectivity index (χ2v) is 7.22. The zero-order valence-corrected chi connectivity index (χ0v) is 16.5. The minimum atomic E-state index is -0.00778. The molecule has 0 aliphatic rings. The van der Waals surface area contributed by atoms with Crippen LogP contribution in [-0.4, -0.2) is 32.1 Å². The molecule has 3 rings (SSSR count). The van der Waals surface area contributed by atoms with Gasteiger partial charge in [-0.25, -0.2) is 4.98 Å². The Morgan fingerprint density at radius 1 is 1.11 bits per heavy atom. The number of ether oxygens (including phenoxy) is 1. The smallest absolute Gasteiger partial charge is 0.224 e. The van der Waals surface area contributed by atoms with Crippen LogP contribution >= 0.6 is 11.3 Å². The molecule has 0 atom stereocenters. The van der Waals surface area contributed by atoms with E-state index in [0.717, 1.165) is 33.4 Å². The minimum absolute atomic E-state index is 0.00778. The molecule has 0 saturated heterocycles. The van der Waals surface area contributed by atoms with E-state index >= 15 is 0 Å². The Labute approximate surface area is 163 Å². The van der Waals surface area contributed by atoms with Crippen LogP contribution in [0.1, 0.15) is 12.1 Å². The quantitative estimate of drug-likeness (QED) is 0.657. The summed E-state index contributed by atoms with van der Waals surface area (Å²) in [6.45, 7) is 0. The van der Waals surface area contributed by atoms with Gasteiger partial charge in [0.05, 0.1) is 12.8 Å². The lowest BCUT2D eigenvalue weighted by atomic mass is 10.2. The molecule has 140 valence electrons. The van der Waals surface area contributed by atoms with E-state index in [-0.39, 0.29) is 5.91 Å². The molecule has 3 aromatic rings. The number of thiazole rings is 1. The Morgan fingerprint density at radius 2 is 1.81 bits per heavy atom. The first-order valence-corrected chi connectivity index (χ1v) is 9.59. The highest BCUT2D eigenvalue weighted by Crippen LogP contribution is 2.26. The normalized spacial score (nSPS) is 10.5. The summed E-state index contributed by atoms with van der Waals surface area (Å²) in [6.07, 6.45) is 1.02. The highest BCUT2D eigenvalue weighted by molar-refractivity contribution is 7.13. The van der Waals surface area contributed by atoms with Crippen LogP contribution in [0.5, 0.6) is 5.75 Å². The molecule has 0 unspecified atom stereocenters. The van der Waals surface area contributed by atoms with Crippen LogP contribution in [0, 0.1) is 0 Å². The summed E-state index contributed by atoms with van der Waals surface area (Å²) in [7, 11) is 5.63. The SMILES string of the molecule is COc1ccc(-c2nc(CCC(=O)Nc3ccc(N(C)C)cc3)cs2)cc1. The largest absolute Gasteiger partial charge is 0.497 e. The topological polar surface area (TPSA) is 54.5 Å². The molecule has 1 heterocycles. The van der Waals surface area contributed by atoms with Crippen molar-refractivity contribution in [1.82, 2.24) is 4.98 Å². The maximum absolute atomic E-state index is 12.2. The van der Waals surface area contributed by atoms with Crippen molar-refractivity contribution in [2.24, 2.45) is 0 Å². The van der Waals surface area contributed by atoms with Crippen molar-refractivity contribution in [3.8, 4) is 16.3 Å².